The normalized spacial score (nSPS) is 18.2. The lowest BCUT2D eigenvalue weighted by Gasteiger charge is -2.22. The Balaban J connectivity index is 1.44. The minimum atomic E-state index is -3.67. The second-order valence-corrected chi connectivity index (χ2v) is 10.1. The Bertz CT molecular complexity index is 1110. The molecule has 1 fully saturated rings. The molecular formula is C22H23FN2O4S. The van der Waals surface area contributed by atoms with E-state index < -0.39 is 21.6 Å². The molecule has 1 aliphatic carbocycles. The second kappa shape index (κ2) is 7.83. The molecule has 2 aromatic carbocycles. The quantitative estimate of drug-likeness (QED) is 0.762. The zero-order chi connectivity index (χ0) is 21.5. The molecule has 158 valence electrons. The van der Waals surface area contributed by atoms with Gasteiger partial charge in [0.05, 0.1) is 10.6 Å². The van der Waals surface area contributed by atoms with E-state index in [0.29, 0.717) is 6.42 Å². The summed E-state index contributed by atoms with van der Waals surface area (Å²) in [7, 11) is -3.67. The molecule has 6 nitrogen and oxygen atoms in total. The number of benzene rings is 2. The van der Waals surface area contributed by atoms with Gasteiger partial charge in [0.2, 0.25) is 11.8 Å². The van der Waals surface area contributed by atoms with Gasteiger partial charge in [0, 0.05) is 29.8 Å². The number of sulfone groups is 1. The first-order valence-electron chi connectivity index (χ1n) is 9.99. The molecule has 0 radical (unpaired) electrons. The highest BCUT2D eigenvalue weighted by Gasteiger charge is 2.39. The Morgan fingerprint density at radius 3 is 2.63 bits per heavy atom. The summed E-state index contributed by atoms with van der Waals surface area (Å²) in [5.41, 5.74) is 1.90. The first-order valence-corrected chi connectivity index (χ1v) is 11.6. The van der Waals surface area contributed by atoms with Crippen molar-refractivity contribution in [2.75, 3.05) is 16.0 Å². The second-order valence-electron chi connectivity index (χ2n) is 7.95. The minimum Gasteiger partial charge on any atom is -0.326 e. The van der Waals surface area contributed by atoms with Crippen LogP contribution in [0, 0.1) is 11.7 Å². The topological polar surface area (TPSA) is 83.6 Å². The third-order valence-corrected chi connectivity index (χ3v) is 7.21. The van der Waals surface area contributed by atoms with Gasteiger partial charge in [0.15, 0.2) is 9.84 Å². The fraction of sp³-hybridized carbons (Fsp3) is 0.364. The summed E-state index contributed by atoms with van der Waals surface area (Å²) in [4.78, 5) is 26.6. The van der Waals surface area contributed by atoms with Crippen molar-refractivity contribution in [3.8, 4) is 0 Å². The van der Waals surface area contributed by atoms with Gasteiger partial charge in [0.1, 0.15) is 5.82 Å². The fourth-order valence-corrected chi connectivity index (χ4v) is 5.09. The standard InChI is InChI=1S/C22H23FN2O4S/c1-14-11-16-12-19(7-8-20(16)25(14)22(27)15-5-6-15)30(28,29)10-9-21(26)24-18-4-2-3-17(23)13-18/h2-4,7-8,12-15H,5-6,9-11H2,1H3,(H,24,26)/t14-/m0/s1. The number of halogens is 1. The van der Waals surface area contributed by atoms with Gasteiger partial charge in [-0.2, -0.15) is 0 Å². The van der Waals surface area contributed by atoms with Crippen LogP contribution in [0.1, 0.15) is 31.7 Å². The molecule has 1 saturated carbocycles. The highest BCUT2D eigenvalue weighted by atomic mass is 32.2. The number of nitrogens with one attached hydrogen (secondary N) is 1. The van der Waals surface area contributed by atoms with Gasteiger partial charge >= 0.3 is 0 Å². The van der Waals surface area contributed by atoms with E-state index in [0.717, 1.165) is 24.1 Å². The van der Waals surface area contributed by atoms with Crippen LogP contribution in [0.2, 0.25) is 0 Å². The van der Waals surface area contributed by atoms with Crippen LogP contribution in [-0.4, -0.2) is 32.0 Å². The highest BCUT2D eigenvalue weighted by molar-refractivity contribution is 7.91. The lowest BCUT2D eigenvalue weighted by molar-refractivity contribution is -0.120. The number of rotatable bonds is 6. The van der Waals surface area contributed by atoms with Gasteiger partial charge in [-0.15, -0.1) is 0 Å². The monoisotopic (exact) mass is 430 g/mol. The zero-order valence-corrected chi connectivity index (χ0v) is 17.4. The van der Waals surface area contributed by atoms with Gasteiger partial charge in [-0.3, -0.25) is 9.59 Å². The van der Waals surface area contributed by atoms with Gasteiger partial charge in [-0.05, 0) is 68.1 Å². The first-order chi connectivity index (χ1) is 14.2. The maximum absolute atomic E-state index is 13.2. The smallest absolute Gasteiger partial charge is 0.230 e. The number of carbonyl (C=O) groups is 2. The van der Waals surface area contributed by atoms with Crippen LogP contribution in [0.5, 0.6) is 0 Å². The Labute approximate surface area is 175 Å². The summed E-state index contributed by atoms with van der Waals surface area (Å²) in [6.07, 6.45) is 2.21. The molecule has 8 heteroatoms. The molecule has 0 bridgehead atoms. The number of anilines is 2. The number of hydrogen-bond acceptors (Lipinski definition) is 4. The largest absolute Gasteiger partial charge is 0.326 e. The summed E-state index contributed by atoms with van der Waals surface area (Å²) in [6, 6.07) is 10.2. The Morgan fingerprint density at radius 2 is 1.93 bits per heavy atom. The lowest BCUT2D eigenvalue weighted by Crippen LogP contribution is -2.36. The average Bonchev–Trinajstić information content (AvgIpc) is 3.48. The Hall–Kier alpha value is -2.74. The van der Waals surface area contributed by atoms with Crippen LogP contribution in [0.15, 0.2) is 47.4 Å². The number of nitrogens with zero attached hydrogens (tertiary/aromatic N) is 1. The number of fused-ring (bicyclic) bond motifs is 1. The average molecular weight is 431 g/mol. The molecular weight excluding hydrogens is 407 g/mol. The van der Waals surface area contributed by atoms with Gasteiger partial charge in [-0.1, -0.05) is 6.07 Å². The summed E-state index contributed by atoms with van der Waals surface area (Å²) >= 11 is 0. The van der Waals surface area contributed by atoms with E-state index in [2.05, 4.69) is 5.32 Å². The fourth-order valence-electron chi connectivity index (χ4n) is 3.80. The molecule has 1 aliphatic heterocycles. The molecule has 1 N–H and O–H groups in total. The van der Waals surface area contributed by atoms with E-state index in [4.69, 9.17) is 0 Å². The van der Waals surface area contributed by atoms with Crippen LogP contribution in [0.4, 0.5) is 15.8 Å². The predicted molar refractivity (Wildman–Crippen MR) is 112 cm³/mol. The van der Waals surface area contributed by atoms with Crippen molar-refractivity contribution in [1.82, 2.24) is 0 Å². The summed E-state index contributed by atoms with van der Waals surface area (Å²) < 4.78 is 38.7. The lowest BCUT2D eigenvalue weighted by atomic mass is 10.1. The molecule has 2 aromatic rings. The first kappa shape index (κ1) is 20.5. The van der Waals surface area contributed by atoms with E-state index in [9.17, 15) is 22.4 Å². The highest BCUT2D eigenvalue weighted by Crippen LogP contribution is 2.39. The maximum atomic E-state index is 13.2. The van der Waals surface area contributed by atoms with Crippen LogP contribution in [-0.2, 0) is 25.8 Å². The van der Waals surface area contributed by atoms with Gasteiger partial charge < -0.3 is 10.2 Å². The molecule has 4 rings (SSSR count). The molecule has 2 aliphatic rings. The number of amides is 2. The van der Waals surface area contributed by atoms with E-state index in [1.807, 2.05) is 6.92 Å². The van der Waals surface area contributed by atoms with Crippen molar-refractivity contribution < 1.29 is 22.4 Å². The number of carbonyl (C=O) groups excluding carboxylic acids is 2. The molecule has 0 spiro atoms. The third kappa shape index (κ3) is 4.23. The molecule has 2 amide bonds. The van der Waals surface area contributed by atoms with E-state index >= 15 is 0 Å². The van der Waals surface area contributed by atoms with Crippen molar-refractivity contribution in [3.63, 3.8) is 0 Å². The number of hydrogen-bond donors (Lipinski definition) is 1. The van der Waals surface area contributed by atoms with Crippen LogP contribution in [0.25, 0.3) is 0 Å². The zero-order valence-electron chi connectivity index (χ0n) is 16.6. The summed E-state index contributed by atoms with van der Waals surface area (Å²) in [5, 5.41) is 2.50. The molecule has 0 saturated heterocycles. The van der Waals surface area contributed by atoms with Crippen LogP contribution < -0.4 is 10.2 Å². The Morgan fingerprint density at radius 1 is 1.17 bits per heavy atom. The minimum absolute atomic E-state index is 0.00287. The molecule has 1 heterocycles. The molecule has 0 aromatic heterocycles. The van der Waals surface area contributed by atoms with E-state index in [1.54, 1.807) is 17.0 Å². The maximum Gasteiger partial charge on any atom is 0.230 e. The molecule has 30 heavy (non-hydrogen) atoms. The van der Waals surface area contributed by atoms with Crippen molar-refractivity contribution in [2.24, 2.45) is 5.92 Å². The van der Waals surface area contributed by atoms with E-state index in [-0.39, 0.29) is 40.6 Å². The van der Waals surface area contributed by atoms with Crippen molar-refractivity contribution in [2.45, 2.75) is 43.5 Å². The molecule has 0 unspecified atom stereocenters. The van der Waals surface area contributed by atoms with Crippen LogP contribution >= 0.6 is 0 Å². The Kier molecular flexibility index (Phi) is 5.36. The van der Waals surface area contributed by atoms with Crippen LogP contribution in [0.3, 0.4) is 0 Å². The SMILES string of the molecule is C[C@H]1Cc2cc(S(=O)(=O)CCC(=O)Nc3cccc(F)c3)ccc2N1C(=O)C1CC1. The predicted octanol–water partition coefficient (Wildman–Crippen LogP) is 3.32. The summed E-state index contributed by atoms with van der Waals surface area (Å²) in [5.74, 6) is -1.13. The van der Waals surface area contributed by atoms with Crippen molar-refractivity contribution >= 4 is 33.0 Å². The van der Waals surface area contributed by atoms with Crippen molar-refractivity contribution in [3.05, 3.63) is 53.8 Å². The molecule has 1 atom stereocenters. The van der Waals surface area contributed by atoms with Gasteiger partial charge in [0.25, 0.3) is 0 Å². The summed E-state index contributed by atoms with van der Waals surface area (Å²) in [6.45, 7) is 1.96. The van der Waals surface area contributed by atoms with E-state index in [1.165, 1.54) is 30.3 Å². The van der Waals surface area contributed by atoms with Crippen molar-refractivity contribution in [1.29, 1.82) is 0 Å². The third-order valence-electron chi connectivity index (χ3n) is 5.50. The van der Waals surface area contributed by atoms with Gasteiger partial charge in [-0.25, -0.2) is 12.8 Å².